The summed E-state index contributed by atoms with van der Waals surface area (Å²) in [6.07, 6.45) is -1.91. The first-order chi connectivity index (χ1) is 22.4. The smallest absolute Gasteiger partial charge is 0.417 e. The maximum atomic E-state index is 13.9. The molecule has 3 saturated heterocycles. The number of amides is 3. The van der Waals surface area contributed by atoms with Crippen LogP contribution in [0.2, 0.25) is 10.0 Å². The van der Waals surface area contributed by atoms with Gasteiger partial charge in [-0.1, -0.05) is 41.4 Å². The van der Waals surface area contributed by atoms with Gasteiger partial charge in [-0.15, -0.1) is 0 Å². The molecule has 1 spiro atoms. The number of nitrogens with zero attached hydrogens (tertiary/aromatic N) is 2. The second-order valence-electron chi connectivity index (χ2n) is 13.3. The summed E-state index contributed by atoms with van der Waals surface area (Å²) in [6.45, 7) is 3.56. The number of alkyl halides is 3. The summed E-state index contributed by atoms with van der Waals surface area (Å²) in [4.78, 5) is 43.3. The van der Waals surface area contributed by atoms with Crippen LogP contribution >= 0.6 is 23.2 Å². The Morgan fingerprint density at radius 1 is 0.957 bits per heavy atom. The molecule has 2 aromatic rings. The molecular formula is C34H39Cl2F3N4O4. The van der Waals surface area contributed by atoms with E-state index in [4.69, 9.17) is 27.9 Å². The van der Waals surface area contributed by atoms with Gasteiger partial charge in [-0.25, -0.2) is 4.79 Å². The number of fused-ring (bicyclic) bond motifs is 2. The van der Waals surface area contributed by atoms with E-state index >= 15 is 0 Å². The number of rotatable bonds is 5. The van der Waals surface area contributed by atoms with Gasteiger partial charge >= 0.3 is 12.3 Å². The molecule has 4 heterocycles. The van der Waals surface area contributed by atoms with Crippen molar-refractivity contribution in [2.75, 3.05) is 44.6 Å². The van der Waals surface area contributed by atoms with Gasteiger partial charge in [0.15, 0.2) is 6.10 Å². The molecule has 6 rings (SSSR count). The van der Waals surface area contributed by atoms with E-state index in [2.05, 4.69) is 10.6 Å². The summed E-state index contributed by atoms with van der Waals surface area (Å²) in [5, 5.41) is 5.39. The van der Waals surface area contributed by atoms with Crippen LogP contribution in [0.25, 0.3) is 0 Å². The predicted molar refractivity (Wildman–Crippen MR) is 173 cm³/mol. The zero-order valence-corrected chi connectivity index (χ0v) is 27.5. The number of likely N-dealkylation sites (tertiary alicyclic amines) is 2. The van der Waals surface area contributed by atoms with E-state index in [1.54, 1.807) is 4.90 Å². The molecule has 0 aromatic heterocycles. The predicted octanol–water partition coefficient (Wildman–Crippen LogP) is 6.67. The van der Waals surface area contributed by atoms with Gasteiger partial charge < -0.3 is 25.2 Å². The topological polar surface area (TPSA) is 91.0 Å². The normalized spacial score (nSPS) is 21.3. The van der Waals surface area contributed by atoms with Crippen LogP contribution in [-0.2, 0) is 32.3 Å². The number of carbonyl (C=O) groups excluding carboxylic acids is 3. The van der Waals surface area contributed by atoms with Gasteiger partial charge in [-0.3, -0.25) is 9.59 Å². The largest absolute Gasteiger partial charge is 0.436 e. The highest BCUT2D eigenvalue weighted by molar-refractivity contribution is 6.42. The fraction of sp³-hybridized carbons (Fsp3) is 0.559. The lowest BCUT2D eigenvalue weighted by atomic mass is 9.68. The third-order valence-electron chi connectivity index (χ3n) is 10.5. The number of ether oxygens (including phenoxy) is 1. The molecule has 0 saturated carbocycles. The monoisotopic (exact) mass is 694 g/mol. The van der Waals surface area contributed by atoms with Crippen molar-refractivity contribution in [1.29, 1.82) is 0 Å². The Kier molecular flexibility index (Phi) is 9.97. The summed E-state index contributed by atoms with van der Waals surface area (Å²) in [6, 6.07) is 9.81. The number of hydrogen-bond donors (Lipinski definition) is 2. The summed E-state index contributed by atoms with van der Waals surface area (Å²) >= 11 is 12.0. The Morgan fingerprint density at radius 3 is 2.30 bits per heavy atom. The average molecular weight is 696 g/mol. The molecule has 0 bridgehead atoms. The van der Waals surface area contributed by atoms with Gasteiger partial charge in [-0.05, 0) is 92.8 Å². The number of nitrogens with one attached hydrogen (secondary N) is 2. The second kappa shape index (κ2) is 13.8. The summed E-state index contributed by atoms with van der Waals surface area (Å²) in [5.74, 6) is 0.588. The number of piperidine rings is 3. The van der Waals surface area contributed by atoms with Crippen LogP contribution in [0, 0.1) is 11.8 Å². The van der Waals surface area contributed by atoms with E-state index in [-0.39, 0.29) is 22.9 Å². The molecule has 0 radical (unpaired) electrons. The highest BCUT2D eigenvalue weighted by atomic mass is 35.5. The summed E-state index contributed by atoms with van der Waals surface area (Å²) in [7, 11) is 0. The standard InChI is InChI=1S/C34H39Cl2F3N4O4/c35-26-18-21(17-25(30(26)36)34(37,38)39)19-28(31(45)42-13-7-23(8-14-42)22-5-11-40-12-6-22)47-32(46)43-15-9-33(10-16-43)20-29(44)41-27-4-2-1-3-24(27)33/h1-4,17-18,22-23,28,40H,5-16,19-20H2,(H,41,44)/t28-/m1/s1. The molecule has 4 aliphatic rings. The van der Waals surface area contributed by atoms with Crippen LogP contribution in [0.1, 0.15) is 61.6 Å². The number of anilines is 1. The Labute approximate surface area is 282 Å². The van der Waals surface area contributed by atoms with E-state index in [1.807, 2.05) is 24.3 Å². The molecule has 1 atom stereocenters. The minimum atomic E-state index is -4.76. The Balaban J connectivity index is 1.18. The van der Waals surface area contributed by atoms with E-state index < -0.39 is 40.3 Å². The molecule has 254 valence electrons. The van der Waals surface area contributed by atoms with E-state index in [9.17, 15) is 27.6 Å². The highest BCUT2D eigenvalue weighted by Crippen LogP contribution is 2.45. The number of hydrogen-bond acceptors (Lipinski definition) is 5. The Hall–Kier alpha value is -3.02. The zero-order chi connectivity index (χ0) is 33.3. The van der Waals surface area contributed by atoms with Crippen molar-refractivity contribution in [1.82, 2.24) is 15.1 Å². The molecule has 2 aromatic carbocycles. The molecular weight excluding hydrogens is 656 g/mol. The van der Waals surface area contributed by atoms with Crippen LogP contribution in [0.15, 0.2) is 36.4 Å². The van der Waals surface area contributed by atoms with Gasteiger partial charge in [0.25, 0.3) is 5.91 Å². The lowest BCUT2D eigenvalue weighted by Crippen LogP contribution is -2.51. The third-order valence-corrected chi connectivity index (χ3v) is 11.3. The molecule has 3 fully saturated rings. The van der Waals surface area contributed by atoms with Crippen molar-refractivity contribution in [3.8, 4) is 0 Å². The maximum absolute atomic E-state index is 13.9. The minimum absolute atomic E-state index is 0.0748. The summed E-state index contributed by atoms with van der Waals surface area (Å²) in [5.41, 5.74) is 0.366. The van der Waals surface area contributed by atoms with Gasteiger partial charge in [0.1, 0.15) is 0 Å². The first-order valence-electron chi connectivity index (χ1n) is 16.3. The number of carbonyl (C=O) groups is 3. The second-order valence-corrected chi connectivity index (χ2v) is 14.1. The van der Waals surface area contributed by atoms with Crippen LogP contribution in [0.5, 0.6) is 0 Å². The van der Waals surface area contributed by atoms with Crippen LogP contribution in [-0.4, -0.2) is 73.1 Å². The first-order valence-corrected chi connectivity index (χ1v) is 17.1. The first kappa shape index (κ1) is 33.9. The van der Waals surface area contributed by atoms with Gasteiger partial charge in [0.05, 0.1) is 15.6 Å². The highest BCUT2D eigenvalue weighted by Gasteiger charge is 2.44. The fourth-order valence-corrected chi connectivity index (χ4v) is 8.34. The van der Waals surface area contributed by atoms with Gasteiger partial charge in [-0.2, -0.15) is 13.2 Å². The average Bonchev–Trinajstić information content (AvgIpc) is 3.06. The van der Waals surface area contributed by atoms with Crippen molar-refractivity contribution in [2.24, 2.45) is 11.8 Å². The lowest BCUT2D eigenvalue weighted by molar-refractivity contribution is -0.142. The van der Waals surface area contributed by atoms with Crippen molar-refractivity contribution >= 4 is 46.8 Å². The Bertz CT molecular complexity index is 1500. The molecule has 4 aliphatic heterocycles. The van der Waals surface area contributed by atoms with Crippen molar-refractivity contribution in [2.45, 2.75) is 69.1 Å². The van der Waals surface area contributed by atoms with Gasteiger partial charge in [0.2, 0.25) is 5.91 Å². The van der Waals surface area contributed by atoms with Crippen molar-refractivity contribution in [3.05, 3.63) is 63.1 Å². The molecule has 0 unspecified atom stereocenters. The molecule has 13 heteroatoms. The van der Waals surface area contributed by atoms with Gasteiger partial charge in [0, 0.05) is 50.1 Å². The SMILES string of the molecule is O=C1CC2(CCN(C(=O)O[C@H](Cc3cc(Cl)c(Cl)c(C(F)(F)F)c3)C(=O)N3CCC(C4CCNCC4)CC3)CC2)c2ccccc2N1. The lowest BCUT2D eigenvalue weighted by Gasteiger charge is -2.44. The molecule has 8 nitrogen and oxygen atoms in total. The van der Waals surface area contributed by atoms with E-state index in [0.29, 0.717) is 57.3 Å². The van der Waals surface area contributed by atoms with Crippen molar-refractivity contribution in [3.63, 3.8) is 0 Å². The molecule has 47 heavy (non-hydrogen) atoms. The number of para-hydroxylation sites is 1. The fourth-order valence-electron chi connectivity index (χ4n) is 7.88. The maximum Gasteiger partial charge on any atom is 0.417 e. The molecule has 3 amide bonds. The minimum Gasteiger partial charge on any atom is -0.436 e. The van der Waals surface area contributed by atoms with Crippen LogP contribution in [0.4, 0.5) is 23.7 Å². The quantitative estimate of drug-likeness (QED) is 0.365. The summed E-state index contributed by atoms with van der Waals surface area (Å²) < 4.78 is 47.2. The third kappa shape index (κ3) is 7.37. The van der Waals surface area contributed by atoms with E-state index in [1.165, 1.54) is 11.0 Å². The zero-order valence-electron chi connectivity index (χ0n) is 26.0. The molecule has 2 N–H and O–H groups in total. The van der Waals surface area contributed by atoms with Crippen LogP contribution in [0.3, 0.4) is 0 Å². The van der Waals surface area contributed by atoms with Crippen molar-refractivity contribution < 1.29 is 32.3 Å². The van der Waals surface area contributed by atoms with E-state index in [0.717, 1.165) is 56.1 Å². The number of halogens is 5. The van der Waals surface area contributed by atoms with Crippen LogP contribution < -0.4 is 10.6 Å². The number of benzene rings is 2. The molecule has 0 aliphatic carbocycles. The Morgan fingerprint density at radius 2 is 1.62 bits per heavy atom.